The first-order valence-corrected chi connectivity index (χ1v) is 15.9. The summed E-state index contributed by atoms with van der Waals surface area (Å²) in [5.74, 6) is 0. The Balaban J connectivity index is 1.48. The lowest BCUT2D eigenvalue weighted by atomic mass is 9.63. The van der Waals surface area contributed by atoms with E-state index < -0.39 is 5.41 Å². The van der Waals surface area contributed by atoms with Crippen molar-refractivity contribution >= 4 is 33.3 Å². The molecule has 8 rings (SSSR count). The number of furan rings is 1. The normalized spacial score (nSPS) is 13.3. The maximum atomic E-state index is 6.26. The fourth-order valence-corrected chi connectivity index (χ4v) is 8.66. The topological polar surface area (TPSA) is 25.2 Å². The van der Waals surface area contributed by atoms with Crippen LogP contribution in [0.1, 0.15) is 55.6 Å². The van der Waals surface area contributed by atoms with Gasteiger partial charge in [0.25, 0.3) is 0 Å². The van der Waals surface area contributed by atoms with Crippen molar-refractivity contribution in [2.24, 2.45) is 0 Å². The Labute approximate surface area is 265 Å². The fraction of sp³-hybridized carbons (Fsp3) is 0.163. The molecule has 0 saturated heterocycles. The van der Waals surface area contributed by atoms with E-state index in [-0.39, 0.29) is 0 Å². The number of hydrogen-bond donors (Lipinski definition) is 1. The van der Waals surface area contributed by atoms with E-state index in [4.69, 9.17) is 4.42 Å². The Morgan fingerprint density at radius 2 is 1.04 bits per heavy atom. The molecule has 1 heterocycles. The molecule has 0 fully saturated rings. The van der Waals surface area contributed by atoms with E-state index in [9.17, 15) is 0 Å². The number of benzene rings is 6. The first kappa shape index (κ1) is 27.5. The summed E-state index contributed by atoms with van der Waals surface area (Å²) in [6, 6.07) is 39.9. The quantitative estimate of drug-likeness (QED) is 0.223. The van der Waals surface area contributed by atoms with Crippen LogP contribution in [0.5, 0.6) is 0 Å². The third-order valence-electron chi connectivity index (χ3n) is 9.84. The van der Waals surface area contributed by atoms with Gasteiger partial charge in [-0.25, -0.2) is 0 Å². The van der Waals surface area contributed by atoms with Gasteiger partial charge in [-0.2, -0.15) is 0 Å². The zero-order valence-corrected chi connectivity index (χ0v) is 26.8. The van der Waals surface area contributed by atoms with Gasteiger partial charge in [-0.1, -0.05) is 96.1 Å². The van der Waals surface area contributed by atoms with E-state index in [1.165, 1.54) is 66.8 Å². The molecule has 2 heteroatoms. The Hall–Kier alpha value is -5.08. The van der Waals surface area contributed by atoms with Gasteiger partial charge < -0.3 is 9.73 Å². The minimum absolute atomic E-state index is 0.471. The number of anilines is 2. The van der Waals surface area contributed by atoms with E-state index in [0.717, 1.165) is 33.3 Å². The Kier molecular flexibility index (Phi) is 6.09. The molecule has 1 N–H and O–H groups in total. The maximum absolute atomic E-state index is 6.26. The Morgan fingerprint density at radius 3 is 1.73 bits per heavy atom. The van der Waals surface area contributed by atoms with Crippen LogP contribution in [-0.2, 0) is 5.41 Å². The molecule has 0 unspecified atom stereocenters. The molecule has 6 aromatic carbocycles. The average Bonchev–Trinajstić information content (AvgIpc) is 3.52. The molecular weight excluding hydrogens is 546 g/mol. The fourth-order valence-electron chi connectivity index (χ4n) is 8.66. The van der Waals surface area contributed by atoms with Gasteiger partial charge in [0.1, 0.15) is 11.2 Å². The van der Waals surface area contributed by atoms with Crippen LogP contribution in [0.25, 0.3) is 33.1 Å². The molecule has 0 radical (unpaired) electrons. The third-order valence-corrected chi connectivity index (χ3v) is 9.84. The van der Waals surface area contributed by atoms with E-state index in [0.29, 0.717) is 0 Å². The number of aryl methyl sites for hydroxylation is 6. The van der Waals surface area contributed by atoms with Crippen molar-refractivity contribution in [3.05, 3.63) is 165 Å². The van der Waals surface area contributed by atoms with Gasteiger partial charge in [-0.15, -0.1) is 0 Å². The van der Waals surface area contributed by atoms with Gasteiger partial charge >= 0.3 is 0 Å². The second-order valence-electron chi connectivity index (χ2n) is 13.0. The van der Waals surface area contributed by atoms with Gasteiger partial charge in [0.15, 0.2) is 0 Å². The van der Waals surface area contributed by atoms with Gasteiger partial charge in [-0.05, 0) is 116 Å². The molecule has 0 aliphatic heterocycles. The van der Waals surface area contributed by atoms with Crippen molar-refractivity contribution < 1.29 is 4.42 Å². The number of rotatable bonds is 4. The van der Waals surface area contributed by atoms with Gasteiger partial charge in [0, 0.05) is 16.6 Å². The first-order valence-electron chi connectivity index (χ1n) is 15.9. The smallest absolute Gasteiger partial charge is 0.137 e. The molecule has 45 heavy (non-hydrogen) atoms. The van der Waals surface area contributed by atoms with Crippen LogP contribution in [0.3, 0.4) is 0 Å². The second kappa shape index (κ2) is 9.97. The van der Waals surface area contributed by atoms with Crippen molar-refractivity contribution in [1.29, 1.82) is 0 Å². The molecule has 1 aliphatic rings. The zero-order valence-electron chi connectivity index (χ0n) is 26.8. The SMILES string of the molecule is Cc1cc(C)c(C2(c3c(C)cc(C)cc3C)c3ccccc3-c3c(Nc4cccc5oc6ccccc6c45)cccc32)c(C)c1. The number of nitrogens with one attached hydrogen (secondary N) is 1. The monoisotopic (exact) mass is 583 g/mol. The highest BCUT2D eigenvalue weighted by Crippen LogP contribution is 2.60. The molecule has 7 aromatic rings. The maximum Gasteiger partial charge on any atom is 0.137 e. The average molecular weight is 584 g/mol. The minimum atomic E-state index is -0.471. The lowest BCUT2D eigenvalue weighted by molar-refractivity contribution is 0.669. The van der Waals surface area contributed by atoms with Crippen molar-refractivity contribution in [1.82, 2.24) is 0 Å². The summed E-state index contributed by atoms with van der Waals surface area (Å²) < 4.78 is 6.26. The number of fused-ring (bicyclic) bond motifs is 6. The predicted molar refractivity (Wildman–Crippen MR) is 189 cm³/mol. The molecule has 0 saturated carbocycles. The molecule has 2 nitrogen and oxygen atoms in total. The molecule has 0 spiro atoms. The summed E-state index contributed by atoms with van der Waals surface area (Å²) in [5.41, 5.74) is 19.3. The zero-order chi connectivity index (χ0) is 31.0. The van der Waals surface area contributed by atoms with Crippen LogP contribution in [0.2, 0.25) is 0 Å². The molecule has 1 aromatic heterocycles. The predicted octanol–water partition coefficient (Wildman–Crippen LogP) is 11.5. The Bertz CT molecular complexity index is 2210. The molecule has 0 bridgehead atoms. The summed E-state index contributed by atoms with van der Waals surface area (Å²) in [5, 5.41) is 6.15. The molecule has 0 atom stereocenters. The van der Waals surface area contributed by atoms with E-state index >= 15 is 0 Å². The van der Waals surface area contributed by atoms with Crippen molar-refractivity contribution in [2.45, 2.75) is 47.0 Å². The van der Waals surface area contributed by atoms with Gasteiger partial charge in [0.2, 0.25) is 0 Å². The highest BCUT2D eigenvalue weighted by atomic mass is 16.3. The first-order chi connectivity index (χ1) is 21.8. The summed E-state index contributed by atoms with van der Waals surface area (Å²) >= 11 is 0. The van der Waals surface area contributed by atoms with Crippen LogP contribution in [0, 0.1) is 41.5 Å². The molecule has 220 valence electrons. The lowest BCUT2D eigenvalue weighted by Gasteiger charge is -2.39. The molecule has 1 aliphatic carbocycles. The molecular formula is C43H37NO. The standard InChI is InChI=1S/C43H37NO/c1-25-21-27(3)41(28(4)22-25)43(42-29(5)23-26(2)24-30(42)6)33-15-9-7-13-31(33)39-34(43)16-11-17-35(39)44-36-18-12-20-38-40(36)32-14-8-10-19-37(32)45-38/h7-24,44H,1-6H3. The van der Waals surface area contributed by atoms with E-state index in [1.54, 1.807) is 0 Å². The van der Waals surface area contributed by atoms with Crippen molar-refractivity contribution in [3.63, 3.8) is 0 Å². The van der Waals surface area contributed by atoms with Crippen molar-refractivity contribution in [3.8, 4) is 11.1 Å². The minimum Gasteiger partial charge on any atom is -0.456 e. The van der Waals surface area contributed by atoms with Crippen LogP contribution in [0.4, 0.5) is 11.4 Å². The van der Waals surface area contributed by atoms with Crippen LogP contribution in [-0.4, -0.2) is 0 Å². The summed E-state index contributed by atoms with van der Waals surface area (Å²) in [6.45, 7) is 13.6. The third kappa shape index (κ3) is 3.88. The highest BCUT2D eigenvalue weighted by molar-refractivity contribution is 6.12. The Morgan fingerprint density at radius 1 is 0.511 bits per heavy atom. The van der Waals surface area contributed by atoms with E-state index in [1.807, 2.05) is 12.1 Å². The highest BCUT2D eigenvalue weighted by Gasteiger charge is 2.49. The summed E-state index contributed by atoms with van der Waals surface area (Å²) in [7, 11) is 0. The van der Waals surface area contributed by atoms with Gasteiger partial charge in [-0.3, -0.25) is 0 Å². The summed E-state index contributed by atoms with van der Waals surface area (Å²) in [4.78, 5) is 0. The van der Waals surface area contributed by atoms with Gasteiger partial charge in [0.05, 0.1) is 16.5 Å². The van der Waals surface area contributed by atoms with E-state index in [2.05, 4.69) is 144 Å². The molecule has 0 amide bonds. The lowest BCUT2D eigenvalue weighted by Crippen LogP contribution is -2.32. The van der Waals surface area contributed by atoms with Crippen LogP contribution in [0.15, 0.2) is 114 Å². The van der Waals surface area contributed by atoms with Crippen LogP contribution < -0.4 is 5.32 Å². The van der Waals surface area contributed by atoms with Crippen LogP contribution >= 0.6 is 0 Å². The van der Waals surface area contributed by atoms with Crippen molar-refractivity contribution in [2.75, 3.05) is 5.32 Å². The summed E-state index contributed by atoms with van der Waals surface area (Å²) in [6.07, 6.45) is 0. The number of hydrogen-bond acceptors (Lipinski definition) is 2. The second-order valence-corrected chi connectivity index (χ2v) is 13.0. The number of para-hydroxylation sites is 1. The largest absolute Gasteiger partial charge is 0.456 e.